The molecule has 1 atom stereocenters. The molecular weight excluding hydrogens is 254 g/mol. The first-order valence-electron chi connectivity index (χ1n) is 7.48. The fourth-order valence-electron chi connectivity index (χ4n) is 1.65. The second-order valence-corrected chi connectivity index (χ2v) is 4.84. The highest BCUT2D eigenvalue weighted by atomic mass is 16.5. The Bertz CT molecular complexity index is 340. The van der Waals surface area contributed by atoms with Gasteiger partial charge in [-0.15, -0.1) is 0 Å². The van der Waals surface area contributed by atoms with Gasteiger partial charge in [-0.3, -0.25) is 0 Å². The Labute approximate surface area is 122 Å². The number of anilines is 1. The van der Waals surface area contributed by atoms with Gasteiger partial charge in [-0.1, -0.05) is 20.3 Å². The van der Waals surface area contributed by atoms with E-state index in [9.17, 15) is 5.11 Å². The minimum Gasteiger partial charge on any atom is -0.494 e. The number of aliphatic hydroxyl groups is 1. The molecule has 2 N–H and O–H groups in total. The number of ether oxygens (including phenoxy) is 2. The van der Waals surface area contributed by atoms with Gasteiger partial charge in [-0.25, -0.2) is 0 Å². The molecule has 1 rings (SSSR count). The molecule has 0 aliphatic carbocycles. The quantitative estimate of drug-likeness (QED) is 0.612. The number of hydrogen-bond acceptors (Lipinski definition) is 4. The summed E-state index contributed by atoms with van der Waals surface area (Å²) in [6, 6.07) is 7.77. The summed E-state index contributed by atoms with van der Waals surface area (Å²) in [5.74, 6) is 0.876. The molecule has 0 aliphatic heterocycles. The molecule has 1 aromatic carbocycles. The van der Waals surface area contributed by atoms with Crippen LogP contribution in [0.5, 0.6) is 5.75 Å². The molecule has 0 saturated heterocycles. The maximum absolute atomic E-state index is 9.77. The molecule has 20 heavy (non-hydrogen) atoms. The van der Waals surface area contributed by atoms with Crippen LogP contribution < -0.4 is 10.1 Å². The van der Waals surface area contributed by atoms with Crippen molar-refractivity contribution in [3.05, 3.63) is 24.3 Å². The van der Waals surface area contributed by atoms with Gasteiger partial charge in [0.1, 0.15) is 5.75 Å². The lowest BCUT2D eigenvalue weighted by molar-refractivity contribution is 0.0422. The van der Waals surface area contributed by atoms with Gasteiger partial charge in [-0.05, 0) is 37.1 Å². The molecule has 1 unspecified atom stereocenters. The minimum absolute atomic E-state index is 0.380. The zero-order valence-electron chi connectivity index (χ0n) is 12.6. The third-order valence-electron chi connectivity index (χ3n) is 2.82. The van der Waals surface area contributed by atoms with Crippen LogP contribution in [0, 0.1) is 0 Å². The molecule has 0 saturated carbocycles. The van der Waals surface area contributed by atoms with E-state index in [1.807, 2.05) is 24.3 Å². The van der Waals surface area contributed by atoms with Gasteiger partial charge in [0, 0.05) is 18.8 Å². The lowest BCUT2D eigenvalue weighted by atomic mass is 10.3. The van der Waals surface area contributed by atoms with E-state index in [0.717, 1.165) is 43.9 Å². The maximum atomic E-state index is 9.77. The van der Waals surface area contributed by atoms with Crippen molar-refractivity contribution in [1.29, 1.82) is 0 Å². The first-order valence-corrected chi connectivity index (χ1v) is 7.48. The third-order valence-corrected chi connectivity index (χ3v) is 2.82. The number of unbranched alkanes of at least 4 members (excludes halogenated alkanes) is 1. The second kappa shape index (κ2) is 10.5. The van der Waals surface area contributed by atoms with Crippen LogP contribution in [0.3, 0.4) is 0 Å². The van der Waals surface area contributed by atoms with Crippen molar-refractivity contribution in [2.45, 2.75) is 39.2 Å². The Hall–Kier alpha value is -1.26. The van der Waals surface area contributed by atoms with E-state index in [-0.39, 0.29) is 0 Å². The highest BCUT2D eigenvalue weighted by Crippen LogP contribution is 2.15. The summed E-state index contributed by atoms with van der Waals surface area (Å²) >= 11 is 0. The largest absolute Gasteiger partial charge is 0.494 e. The predicted molar refractivity (Wildman–Crippen MR) is 82.5 cm³/mol. The van der Waals surface area contributed by atoms with Crippen LogP contribution in [0.2, 0.25) is 0 Å². The fraction of sp³-hybridized carbons (Fsp3) is 0.625. The van der Waals surface area contributed by atoms with E-state index in [1.54, 1.807) is 0 Å². The first kappa shape index (κ1) is 16.8. The molecule has 0 bridgehead atoms. The van der Waals surface area contributed by atoms with E-state index >= 15 is 0 Å². The summed E-state index contributed by atoms with van der Waals surface area (Å²) in [6.45, 7) is 6.53. The number of hydrogen-bond donors (Lipinski definition) is 2. The Morgan fingerprint density at radius 1 is 1.10 bits per heavy atom. The van der Waals surface area contributed by atoms with Crippen LogP contribution in [-0.4, -0.2) is 37.6 Å². The number of rotatable bonds is 11. The van der Waals surface area contributed by atoms with E-state index in [0.29, 0.717) is 13.2 Å². The van der Waals surface area contributed by atoms with Gasteiger partial charge >= 0.3 is 0 Å². The molecule has 0 aromatic heterocycles. The maximum Gasteiger partial charge on any atom is 0.119 e. The molecule has 0 fully saturated rings. The molecular formula is C16H27NO3. The van der Waals surface area contributed by atoms with Crippen molar-refractivity contribution in [1.82, 2.24) is 0 Å². The molecule has 0 aliphatic rings. The Morgan fingerprint density at radius 3 is 2.50 bits per heavy atom. The van der Waals surface area contributed by atoms with Gasteiger partial charge in [0.15, 0.2) is 0 Å². The average Bonchev–Trinajstić information content (AvgIpc) is 2.48. The molecule has 4 nitrogen and oxygen atoms in total. The predicted octanol–water partition coefficient (Wildman–Crippen LogP) is 3.06. The number of nitrogens with one attached hydrogen (secondary N) is 1. The lowest BCUT2D eigenvalue weighted by Crippen LogP contribution is -2.25. The zero-order chi connectivity index (χ0) is 14.6. The first-order chi connectivity index (χ1) is 9.76. The number of benzene rings is 1. The molecule has 0 heterocycles. The van der Waals surface area contributed by atoms with Crippen molar-refractivity contribution in [3.63, 3.8) is 0 Å². The summed E-state index contributed by atoms with van der Waals surface area (Å²) in [5, 5.41) is 13.0. The standard InChI is InChI=1S/C16H27NO3/c1-3-5-11-19-13-15(18)12-17-14-6-8-16(9-7-14)20-10-4-2/h6-9,15,17-18H,3-5,10-13H2,1-2H3. The van der Waals surface area contributed by atoms with E-state index in [1.165, 1.54) is 0 Å². The fourth-order valence-corrected chi connectivity index (χ4v) is 1.65. The topological polar surface area (TPSA) is 50.7 Å². The highest BCUT2D eigenvalue weighted by Gasteiger charge is 2.04. The SMILES string of the molecule is CCCCOCC(O)CNc1ccc(OCCC)cc1. The Morgan fingerprint density at radius 2 is 1.85 bits per heavy atom. The van der Waals surface area contributed by atoms with E-state index in [4.69, 9.17) is 9.47 Å². The van der Waals surface area contributed by atoms with Gasteiger partial charge in [-0.2, -0.15) is 0 Å². The van der Waals surface area contributed by atoms with Crippen LogP contribution in [0.1, 0.15) is 33.1 Å². The highest BCUT2D eigenvalue weighted by molar-refractivity contribution is 5.46. The van der Waals surface area contributed by atoms with Gasteiger partial charge < -0.3 is 19.9 Å². The Kier molecular flexibility index (Phi) is 8.83. The van der Waals surface area contributed by atoms with Crippen molar-refractivity contribution in [2.24, 2.45) is 0 Å². The van der Waals surface area contributed by atoms with Gasteiger partial charge in [0.25, 0.3) is 0 Å². The summed E-state index contributed by atoms with van der Waals surface area (Å²) < 4.78 is 10.9. The molecule has 0 radical (unpaired) electrons. The molecule has 4 heteroatoms. The molecule has 0 spiro atoms. The average molecular weight is 281 g/mol. The minimum atomic E-state index is -0.483. The van der Waals surface area contributed by atoms with Crippen LogP contribution in [0.25, 0.3) is 0 Å². The summed E-state index contributed by atoms with van der Waals surface area (Å²) in [6.07, 6.45) is 2.67. The van der Waals surface area contributed by atoms with E-state index < -0.39 is 6.10 Å². The summed E-state index contributed by atoms with van der Waals surface area (Å²) in [4.78, 5) is 0. The van der Waals surface area contributed by atoms with Crippen LogP contribution in [0.4, 0.5) is 5.69 Å². The molecule has 0 amide bonds. The van der Waals surface area contributed by atoms with Crippen LogP contribution >= 0.6 is 0 Å². The van der Waals surface area contributed by atoms with Crippen LogP contribution in [-0.2, 0) is 4.74 Å². The normalized spacial score (nSPS) is 12.2. The molecule has 1 aromatic rings. The summed E-state index contributed by atoms with van der Waals surface area (Å²) in [5.41, 5.74) is 0.974. The summed E-state index contributed by atoms with van der Waals surface area (Å²) in [7, 11) is 0. The van der Waals surface area contributed by atoms with Crippen LogP contribution in [0.15, 0.2) is 24.3 Å². The number of aliphatic hydroxyl groups excluding tert-OH is 1. The van der Waals surface area contributed by atoms with Crippen molar-refractivity contribution >= 4 is 5.69 Å². The van der Waals surface area contributed by atoms with Gasteiger partial charge in [0.2, 0.25) is 0 Å². The Balaban J connectivity index is 2.20. The lowest BCUT2D eigenvalue weighted by Gasteiger charge is -2.13. The third kappa shape index (κ3) is 7.36. The van der Waals surface area contributed by atoms with Crippen molar-refractivity contribution in [3.8, 4) is 5.75 Å². The van der Waals surface area contributed by atoms with E-state index in [2.05, 4.69) is 19.2 Å². The van der Waals surface area contributed by atoms with Gasteiger partial charge in [0.05, 0.1) is 19.3 Å². The zero-order valence-corrected chi connectivity index (χ0v) is 12.6. The monoisotopic (exact) mass is 281 g/mol. The van der Waals surface area contributed by atoms with Crippen molar-refractivity contribution < 1.29 is 14.6 Å². The second-order valence-electron chi connectivity index (χ2n) is 4.84. The smallest absolute Gasteiger partial charge is 0.119 e. The van der Waals surface area contributed by atoms with Crippen molar-refractivity contribution in [2.75, 3.05) is 31.7 Å². The molecule has 114 valence electrons.